The van der Waals surface area contributed by atoms with Crippen LogP contribution in [0.25, 0.3) is 0 Å². The molecule has 8 nitrogen and oxygen atoms in total. The van der Waals surface area contributed by atoms with Gasteiger partial charge in [0.25, 0.3) is 0 Å². The number of hydrogen-bond donors (Lipinski definition) is 1. The Labute approximate surface area is 180 Å². The number of aryl methyl sites for hydroxylation is 2. The number of hydrogen-bond acceptors (Lipinski definition) is 6. The van der Waals surface area contributed by atoms with Crippen molar-refractivity contribution in [2.75, 3.05) is 24.7 Å². The summed E-state index contributed by atoms with van der Waals surface area (Å²) in [6.07, 6.45) is 0.0363. The summed E-state index contributed by atoms with van der Waals surface area (Å²) in [6, 6.07) is 7.47. The number of ether oxygens (including phenoxy) is 2. The topological polar surface area (TPSA) is 106 Å². The van der Waals surface area contributed by atoms with Crippen LogP contribution in [0.2, 0.25) is 0 Å². The zero-order valence-corrected chi connectivity index (χ0v) is 18.1. The lowest BCUT2D eigenvalue weighted by Gasteiger charge is -2.16. The van der Waals surface area contributed by atoms with Gasteiger partial charge in [0, 0.05) is 24.3 Å². The van der Waals surface area contributed by atoms with Gasteiger partial charge in [-0.1, -0.05) is 17.7 Å². The minimum atomic E-state index is -0.636. The number of rotatable bonds is 7. The van der Waals surface area contributed by atoms with Crippen molar-refractivity contribution in [1.82, 2.24) is 4.98 Å². The molecule has 2 heterocycles. The predicted octanol–water partition coefficient (Wildman–Crippen LogP) is 2.90. The summed E-state index contributed by atoms with van der Waals surface area (Å²) in [5.74, 6) is -2.35. The Hall–Kier alpha value is -3.42. The molecular weight excluding hydrogens is 400 g/mol. The third-order valence-electron chi connectivity index (χ3n) is 5.35. The number of nitrogens with zero attached hydrogens (tertiary/aromatic N) is 1. The summed E-state index contributed by atoms with van der Waals surface area (Å²) in [7, 11) is 0. The minimum Gasteiger partial charge on any atom is -0.462 e. The average Bonchev–Trinajstić information content (AvgIpc) is 3.26. The number of nitrogens with one attached hydrogen (secondary N) is 1. The summed E-state index contributed by atoms with van der Waals surface area (Å²) < 4.78 is 10.2. The minimum absolute atomic E-state index is 0.0363. The second kappa shape index (κ2) is 9.16. The van der Waals surface area contributed by atoms with Gasteiger partial charge < -0.3 is 19.4 Å². The van der Waals surface area contributed by atoms with E-state index in [4.69, 9.17) is 9.47 Å². The lowest BCUT2D eigenvalue weighted by atomic mass is 10.1. The maximum absolute atomic E-state index is 12.6. The summed E-state index contributed by atoms with van der Waals surface area (Å²) in [4.78, 5) is 53.9. The van der Waals surface area contributed by atoms with E-state index in [0.29, 0.717) is 16.8 Å². The van der Waals surface area contributed by atoms with Crippen LogP contribution < -0.4 is 4.90 Å². The predicted molar refractivity (Wildman–Crippen MR) is 113 cm³/mol. The van der Waals surface area contributed by atoms with Crippen molar-refractivity contribution in [3.63, 3.8) is 0 Å². The van der Waals surface area contributed by atoms with Gasteiger partial charge in [-0.15, -0.1) is 0 Å². The Kier molecular flexibility index (Phi) is 6.58. The van der Waals surface area contributed by atoms with E-state index in [2.05, 4.69) is 4.98 Å². The Morgan fingerprint density at radius 1 is 1.10 bits per heavy atom. The highest BCUT2D eigenvalue weighted by Gasteiger charge is 2.36. The molecule has 1 N–H and O–H groups in total. The molecule has 0 spiro atoms. The molecule has 1 unspecified atom stereocenters. The van der Waals surface area contributed by atoms with E-state index in [-0.39, 0.29) is 31.2 Å². The molecule has 1 aliphatic heterocycles. The maximum atomic E-state index is 12.6. The molecule has 8 heteroatoms. The van der Waals surface area contributed by atoms with Crippen molar-refractivity contribution < 1.29 is 28.7 Å². The van der Waals surface area contributed by atoms with Crippen LogP contribution in [0.1, 0.15) is 51.0 Å². The van der Waals surface area contributed by atoms with E-state index < -0.39 is 30.2 Å². The van der Waals surface area contributed by atoms with Crippen molar-refractivity contribution in [2.45, 2.75) is 34.1 Å². The van der Waals surface area contributed by atoms with Crippen molar-refractivity contribution in [3.8, 4) is 0 Å². The molecule has 3 rings (SSSR count). The van der Waals surface area contributed by atoms with E-state index in [1.54, 1.807) is 25.7 Å². The van der Waals surface area contributed by atoms with Gasteiger partial charge in [-0.25, -0.2) is 4.79 Å². The summed E-state index contributed by atoms with van der Waals surface area (Å²) >= 11 is 0. The second-order valence-corrected chi connectivity index (χ2v) is 7.62. The summed E-state index contributed by atoms with van der Waals surface area (Å²) in [6.45, 7) is 6.93. The first-order valence-electron chi connectivity index (χ1n) is 10.2. The van der Waals surface area contributed by atoms with Crippen molar-refractivity contribution in [2.24, 2.45) is 5.92 Å². The fraction of sp³-hybridized carbons (Fsp3) is 0.391. The number of anilines is 1. The second-order valence-electron chi connectivity index (χ2n) is 7.62. The zero-order chi connectivity index (χ0) is 22.7. The normalized spacial score (nSPS) is 15.8. The highest BCUT2D eigenvalue weighted by molar-refractivity contribution is 6.03. The Morgan fingerprint density at radius 2 is 1.77 bits per heavy atom. The van der Waals surface area contributed by atoms with Gasteiger partial charge in [0.1, 0.15) is 0 Å². The van der Waals surface area contributed by atoms with E-state index >= 15 is 0 Å². The van der Waals surface area contributed by atoms with E-state index in [0.717, 1.165) is 11.3 Å². The van der Waals surface area contributed by atoms with Gasteiger partial charge in [-0.3, -0.25) is 14.4 Å². The summed E-state index contributed by atoms with van der Waals surface area (Å²) in [5, 5.41) is 0. The average molecular weight is 426 g/mol. The molecular formula is C23H26N2O6. The lowest BCUT2D eigenvalue weighted by Crippen LogP contribution is -2.27. The molecule has 1 atom stereocenters. The molecule has 0 saturated carbocycles. The van der Waals surface area contributed by atoms with Crippen LogP contribution >= 0.6 is 0 Å². The van der Waals surface area contributed by atoms with E-state index in [9.17, 15) is 19.2 Å². The fourth-order valence-electron chi connectivity index (χ4n) is 3.70. The fourth-order valence-corrected chi connectivity index (χ4v) is 3.70. The quantitative estimate of drug-likeness (QED) is 0.539. The first-order chi connectivity index (χ1) is 14.7. The van der Waals surface area contributed by atoms with Crippen molar-refractivity contribution in [3.05, 3.63) is 52.3 Å². The van der Waals surface area contributed by atoms with Crippen LogP contribution in [-0.2, 0) is 19.1 Å². The number of carbonyl (C=O) groups is 4. The van der Waals surface area contributed by atoms with Crippen molar-refractivity contribution >= 4 is 29.3 Å². The van der Waals surface area contributed by atoms with Gasteiger partial charge in [0.2, 0.25) is 11.7 Å². The number of carbonyl (C=O) groups excluding carboxylic acids is 4. The standard InChI is InChI=1S/C23H26N2O6/c1-5-30-23(29)20-14(3)21(24-15(20)4)18(26)12-31-22(28)16-10-19(27)25(11-16)17-8-6-13(2)7-9-17/h6-9,16,24H,5,10-12H2,1-4H3. The molecule has 164 valence electrons. The number of aromatic nitrogens is 1. The van der Waals surface area contributed by atoms with Crippen LogP contribution in [0.4, 0.5) is 5.69 Å². The summed E-state index contributed by atoms with van der Waals surface area (Å²) in [5.41, 5.74) is 3.29. The number of Topliss-reactive ketones (excluding diaryl/α,β-unsaturated/α-hetero) is 1. The molecule has 1 fully saturated rings. The number of H-pyrrole nitrogens is 1. The van der Waals surface area contributed by atoms with Crippen molar-refractivity contribution in [1.29, 1.82) is 0 Å². The third-order valence-corrected chi connectivity index (χ3v) is 5.35. The molecule has 1 aromatic heterocycles. The highest BCUT2D eigenvalue weighted by Crippen LogP contribution is 2.26. The smallest absolute Gasteiger partial charge is 0.340 e. The molecule has 31 heavy (non-hydrogen) atoms. The molecule has 0 bridgehead atoms. The van der Waals surface area contributed by atoms with Gasteiger partial charge in [0.05, 0.1) is 23.8 Å². The largest absolute Gasteiger partial charge is 0.462 e. The van der Waals surface area contributed by atoms with Gasteiger partial charge >= 0.3 is 11.9 Å². The first kappa shape index (κ1) is 22.3. The number of ketones is 1. The molecule has 2 aromatic rings. The van der Waals surface area contributed by atoms with Gasteiger partial charge in [-0.2, -0.15) is 0 Å². The Balaban J connectivity index is 1.62. The highest BCUT2D eigenvalue weighted by atomic mass is 16.5. The van der Waals surface area contributed by atoms with E-state index in [1.807, 2.05) is 31.2 Å². The van der Waals surface area contributed by atoms with Crippen LogP contribution in [0, 0.1) is 26.7 Å². The zero-order valence-electron chi connectivity index (χ0n) is 18.1. The van der Waals surface area contributed by atoms with Crippen LogP contribution in [0.5, 0.6) is 0 Å². The Morgan fingerprint density at radius 3 is 2.42 bits per heavy atom. The molecule has 0 aliphatic carbocycles. The Bertz CT molecular complexity index is 1020. The number of esters is 2. The van der Waals surface area contributed by atoms with Crippen LogP contribution in [0.3, 0.4) is 0 Å². The number of benzene rings is 1. The SMILES string of the molecule is CCOC(=O)c1c(C)[nH]c(C(=O)COC(=O)C2CC(=O)N(c3ccc(C)cc3)C2)c1C. The van der Waals surface area contributed by atoms with Crippen LogP contribution in [0.15, 0.2) is 24.3 Å². The molecule has 1 amide bonds. The first-order valence-corrected chi connectivity index (χ1v) is 10.2. The van der Waals surface area contributed by atoms with Crippen LogP contribution in [-0.4, -0.2) is 48.4 Å². The van der Waals surface area contributed by atoms with E-state index in [1.165, 1.54) is 0 Å². The lowest BCUT2D eigenvalue weighted by molar-refractivity contribution is -0.147. The van der Waals surface area contributed by atoms with Gasteiger partial charge in [0.15, 0.2) is 6.61 Å². The monoisotopic (exact) mass is 426 g/mol. The van der Waals surface area contributed by atoms with Gasteiger partial charge in [-0.05, 0) is 45.4 Å². The molecule has 1 saturated heterocycles. The maximum Gasteiger partial charge on any atom is 0.340 e. The third kappa shape index (κ3) is 4.68. The number of amides is 1. The molecule has 1 aliphatic rings. The molecule has 1 aromatic carbocycles. The number of aromatic amines is 1. The molecule has 0 radical (unpaired) electrons.